The lowest BCUT2D eigenvalue weighted by Crippen LogP contribution is -2.46. The molecule has 1 aliphatic carbocycles. The molecule has 0 radical (unpaired) electrons. The summed E-state index contributed by atoms with van der Waals surface area (Å²) >= 11 is 0. The van der Waals surface area contributed by atoms with Crippen LogP contribution < -0.4 is 0 Å². The van der Waals surface area contributed by atoms with Gasteiger partial charge in [-0.05, 0) is 26.2 Å². The maximum Gasteiger partial charge on any atom is 0.216 e. The molecule has 0 atom stereocenters. The van der Waals surface area contributed by atoms with Crippen molar-refractivity contribution < 1.29 is 18.3 Å². The van der Waals surface area contributed by atoms with Gasteiger partial charge in [0.15, 0.2) is 0 Å². The number of rotatable bonds is 9. The Morgan fingerprint density at radius 2 is 2.12 bits per heavy atom. The van der Waals surface area contributed by atoms with Crippen LogP contribution in [0.1, 0.15) is 32.6 Å². The summed E-state index contributed by atoms with van der Waals surface area (Å²) in [6.45, 7) is 3.10. The van der Waals surface area contributed by atoms with Gasteiger partial charge in [0.05, 0.1) is 12.4 Å². The van der Waals surface area contributed by atoms with Crippen LogP contribution >= 0.6 is 0 Å². The molecule has 1 N–H and O–H groups in total. The van der Waals surface area contributed by atoms with Crippen LogP contribution in [0.4, 0.5) is 0 Å². The summed E-state index contributed by atoms with van der Waals surface area (Å²) < 4.78 is 30.9. The van der Waals surface area contributed by atoms with E-state index in [4.69, 9.17) is 9.84 Å². The standard InChI is InChI=1S/C11H23NO4S/c1-2-16-9-10-17(14,15)12(7-4-8-13)11-5-3-6-11/h11,13H,2-10H2,1H3. The number of hydrogen-bond donors (Lipinski definition) is 1. The highest BCUT2D eigenvalue weighted by atomic mass is 32.2. The summed E-state index contributed by atoms with van der Waals surface area (Å²) in [5, 5.41) is 8.82. The van der Waals surface area contributed by atoms with Gasteiger partial charge in [0.2, 0.25) is 10.0 Å². The SMILES string of the molecule is CCOCCS(=O)(=O)N(CCCO)C1CCC1. The first-order valence-corrected chi connectivity index (χ1v) is 7.91. The van der Waals surface area contributed by atoms with E-state index in [-0.39, 0.29) is 25.0 Å². The van der Waals surface area contributed by atoms with E-state index in [1.807, 2.05) is 6.92 Å². The first-order chi connectivity index (χ1) is 8.11. The normalized spacial score (nSPS) is 17.4. The van der Waals surface area contributed by atoms with Crippen molar-refractivity contribution in [3.8, 4) is 0 Å². The van der Waals surface area contributed by atoms with E-state index in [0.29, 0.717) is 19.6 Å². The third-order valence-corrected chi connectivity index (χ3v) is 4.94. The predicted octanol–water partition coefficient (Wildman–Crippen LogP) is 0.590. The molecule has 0 bridgehead atoms. The third kappa shape index (κ3) is 4.54. The van der Waals surface area contributed by atoms with Gasteiger partial charge in [-0.1, -0.05) is 6.42 Å². The predicted molar refractivity (Wildman–Crippen MR) is 66.3 cm³/mol. The van der Waals surface area contributed by atoms with Crippen LogP contribution in [-0.4, -0.2) is 56.0 Å². The quantitative estimate of drug-likeness (QED) is 0.620. The second kappa shape index (κ2) is 7.31. The van der Waals surface area contributed by atoms with Crippen molar-refractivity contribution in [3.63, 3.8) is 0 Å². The molecule has 1 rings (SSSR count). The van der Waals surface area contributed by atoms with Gasteiger partial charge in [-0.2, -0.15) is 4.31 Å². The Labute approximate surface area is 104 Å². The maximum absolute atomic E-state index is 12.1. The molecule has 0 aromatic rings. The highest BCUT2D eigenvalue weighted by Gasteiger charge is 2.32. The fourth-order valence-corrected chi connectivity index (χ4v) is 3.51. The van der Waals surface area contributed by atoms with E-state index in [2.05, 4.69) is 0 Å². The molecule has 1 fully saturated rings. The van der Waals surface area contributed by atoms with Crippen molar-refractivity contribution in [3.05, 3.63) is 0 Å². The van der Waals surface area contributed by atoms with Crippen molar-refractivity contribution >= 4 is 10.0 Å². The first kappa shape index (κ1) is 14.9. The van der Waals surface area contributed by atoms with Crippen molar-refractivity contribution in [2.45, 2.75) is 38.6 Å². The van der Waals surface area contributed by atoms with E-state index in [0.717, 1.165) is 19.3 Å². The van der Waals surface area contributed by atoms with Crippen molar-refractivity contribution in [2.24, 2.45) is 0 Å². The highest BCUT2D eigenvalue weighted by molar-refractivity contribution is 7.89. The molecule has 0 aliphatic heterocycles. The molecule has 0 amide bonds. The monoisotopic (exact) mass is 265 g/mol. The van der Waals surface area contributed by atoms with Crippen LogP contribution in [0.3, 0.4) is 0 Å². The van der Waals surface area contributed by atoms with Crippen LogP contribution in [-0.2, 0) is 14.8 Å². The summed E-state index contributed by atoms with van der Waals surface area (Å²) in [6.07, 6.45) is 3.49. The maximum atomic E-state index is 12.1. The Hall–Kier alpha value is -0.170. The smallest absolute Gasteiger partial charge is 0.216 e. The van der Waals surface area contributed by atoms with Gasteiger partial charge in [0.25, 0.3) is 0 Å². The molecule has 6 heteroatoms. The zero-order valence-electron chi connectivity index (χ0n) is 10.5. The summed E-state index contributed by atoms with van der Waals surface area (Å²) in [7, 11) is -3.23. The molecule has 5 nitrogen and oxygen atoms in total. The highest BCUT2D eigenvalue weighted by Crippen LogP contribution is 2.27. The second-order valence-corrected chi connectivity index (χ2v) is 6.33. The Kier molecular flexibility index (Phi) is 6.40. The average Bonchev–Trinajstić information content (AvgIpc) is 2.21. The summed E-state index contributed by atoms with van der Waals surface area (Å²) in [5.41, 5.74) is 0. The van der Waals surface area contributed by atoms with Gasteiger partial charge >= 0.3 is 0 Å². The van der Waals surface area contributed by atoms with E-state index >= 15 is 0 Å². The molecule has 0 saturated heterocycles. The Morgan fingerprint density at radius 3 is 2.59 bits per heavy atom. The second-order valence-electron chi connectivity index (χ2n) is 4.29. The summed E-state index contributed by atoms with van der Waals surface area (Å²) in [4.78, 5) is 0. The Balaban J connectivity index is 2.53. The van der Waals surface area contributed by atoms with E-state index in [1.54, 1.807) is 4.31 Å². The van der Waals surface area contributed by atoms with Crippen molar-refractivity contribution in [1.82, 2.24) is 4.31 Å². The van der Waals surface area contributed by atoms with Crippen molar-refractivity contribution in [2.75, 3.05) is 32.1 Å². The molecule has 0 heterocycles. The van der Waals surface area contributed by atoms with Crippen LogP contribution in [0.25, 0.3) is 0 Å². The molecule has 102 valence electrons. The summed E-state index contributed by atoms with van der Waals surface area (Å²) in [6, 6.07) is 0.146. The van der Waals surface area contributed by atoms with Gasteiger partial charge in [-0.15, -0.1) is 0 Å². The summed E-state index contributed by atoms with van der Waals surface area (Å²) in [5.74, 6) is 0.0444. The van der Waals surface area contributed by atoms with Crippen LogP contribution in [0.15, 0.2) is 0 Å². The fourth-order valence-electron chi connectivity index (χ4n) is 1.88. The topological polar surface area (TPSA) is 66.8 Å². The largest absolute Gasteiger partial charge is 0.396 e. The Bertz CT molecular complexity index is 301. The molecule has 1 saturated carbocycles. The minimum absolute atomic E-state index is 0.0319. The lowest BCUT2D eigenvalue weighted by molar-refractivity contribution is 0.159. The number of nitrogens with zero attached hydrogens (tertiary/aromatic N) is 1. The number of hydrogen-bond acceptors (Lipinski definition) is 4. The number of sulfonamides is 1. The zero-order valence-corrected chi connectivity index (χ0v) is 11.3. The van der Waals surface area contributed by atoms with E-state index < -0.39 is 10.0 Å². The number of aliphatic hydroxyl groups is 1. The minimum atomic E-state index is -3.23. The minimum Gasteiger partial charge on any atom is -0.396 e. The van der Waals surface area contributed by atoms with Gasteiger partial charge < -0.3 is 9.84 Å². The molecule has 0 aromatic carbocycles. The molecule has 17 heavy (non-hydrogen) atoms. The molecular formula is C11H23NO4S. The number of ether oxygens (including phenoxy) is 1. The van der Waals surface area contributed by atoms with Crippen LogP contribution in [0.5, 0.6) is 0 Å². The zero-order chi connectivity index (χ0) is 12.7. The molecule has 0 aromatic heterocycles. The first-order valence-electron chi connectivity index (χ1n) is 6.30. The van der Waals surface area contributed by atoms with Crippen molar-refractivity contribution in [1.29, 1.82) is 0 Å². The molecule has 1 aliphatic rings. The van der Waals surface area contributed by atoms with Crippen LogP contribution in [0.2, 0.25) is 0 Å². The Morgan fingerprint density at radius 1 is 1.41 bits per heavy atom. The van der Waals surface area contributed by atoms with Crippen LogP contribution in [0, 0.1) is 0 Å². The lowest BCUT2D eigenvalue weighted by atomic mass is 9.93. The molecular weight excluding hydrogens is 242 g/mol. The number of aliphatic hydroxyl groups excluding tert-OH is 1. The van der Waals surface area contributed by atoms with E-state index in [9.17, 15) is 8.42 Å². The van der Waals surface area contributed by atoms with Gasteiger partial charge in [0.1, 0.15) is 0 Å². The lowest BCUT2D eigenvalue weighted by Gasteiger charge is -2.36. The fraction of sp³-hybridized carbons (Fsp3) is 1.00. The van der Waals surface area contributed by atoms with Gasteiger partial charge in [0, 0.05) is 25.8 Å². The van der Waals surface area contributed by atoms with Gasteiger partial charge in [-0.3, -0.25) is 0 Å². The molecule has 0 unspecified atom stereocenters. The third-order valence-electron chi connectivity index (χ3n) is 3.07. The van der Waals surface area contributed by atoms with E-state index in [1.165, 1.54) is 0 Å². The van der Waals surface area contributed by atoms with Gasteiger partial charge in [-0.25, -0.2) is 8.42 Å². The molecule has 0 spiro atoms. The average molecular weight is 265 g/mol.